The molecule has 2 aromatic rings. The normalized spacial score (nSPS) is 12.7. The van der Waals surface area contributed by atoms with E-state index in [9.17, 15) is 26.3 Å². The maximum absolute atomic E-state index is 12.7. The van der Waals surface area contributed by atoms with Crippen molar-refractivity contribution < 1.29 is 26.3 Å². The van der Waals surface area contributed by atoms with E-state index in [1.54, 1.807) is 0 Å². The van der Waals surface area contributed by atoms with Gasteiger partial charge in [0.15, 0.2) is 11.5 Å². The van der Waals surface area contributed by atoms with Gasteiger partial charge in [0.2, 0.25) is 0 Å². The summed E-state index contributed by atoms with van der Waals surface area (Å²) in [6.07, 6.45) is -8.95. The van der Waals surface area contributed by atoms with Crippen molar-refractivity contribution in [2.24, 2.45) is 0 Å². The smallest absolute Gasteiger partial charge is 0.382 e. The highest BCUT2D eigenvalue weighted by atomic mass is 19.4. The molecule has 0 saturated heterocycles. The number of halogens is 6. The fourth-order valence-corrected chi connectivity index (χ4v) is 1.46. The lowest BCUT2D eigenvalue weighted by Crippen LogP contribution is -2.14. The third-order valence-electron chi connectivity index (χ3n) is 2.31. The number of nitrogen functional groups attached to an aromatic ring is 1. The van der Waals surface area contributed by atoms with Crippen LogP contribution in [0.5, 0.6) is 0 Å². The minimum Gasteiger partial charge on any atom is -0.382 e. The van der Waals surface area contributed by atoms with Crippen LogP contribution in [0.4, 0.5) is 32.2 Å². The number of nitrogens with two attached hydrogens (primary N) is 1. The van der Waals surface area contributed by atoms with E-state index < -0.39 is 35.2 Å². The average Bonchev–Trinajstić information content (AvgIpc) is 2.70. The van der Waals surface area contributed by atoms with Crippen molar-refractivity contribution in [2.45, 2.75) is 12.4 Å². The van der Waals surface area contributed by atoms with Crippen molar-refractivity contribution >= 4 is 5.82 Å². The first-order valence-corrected chi connectivity index (χ1v) is 5.05. The quantitative estimate of drug-likeness (QED) is 0.823. The zero-order valence-electron chi connectivity index (χ0n) is 9.50. The fourth-order valence-electron chi connectivity index (χ4n) is 1.46. The molecule has 0 amide bonds. The topological polar surface area (TPSA) is 56.7 Å². The second-order valence-electron chi connectivity index (χ2n) is 3.77. The van der Waals surface area contributed by atoms with Gasteiger partial charge in [-0.2, -0.15) is 26.3 Å². The molecule has 0 bridgehead atoms. The number of alkyl halides is 6. The van der Waals surface area contributed by atoms with Gasteiger partial charge in [-0.1, -0.05) is 0 Å². The highest BCUT2D eigenvalue weighted by molar-refractivity contribution is 5.37. The maximum atomic E-state index is 12.7. The van der Waals surface area contributed by atoms with Gasteiger partial charge in [0.05, 0.1) is 5.56 Å². The Bertz CT molecular complexity index is 610. The molecule has 2 N–H and O–H groups in total. The Hall–Kier alpha value is -2.26. The summed E-state index contributed by atoms with van der Waals surface area (Å²) in [6.45, 7) is 0. The lowest BCUT2D eigenvalue weighted by Gasteiger charge is -2.10. The Balaban J connectivity index is 2.48. The van der Waals surface area contributed by atoms with Crippen LogP contribution in [0.25, 0.3) is 5.82 Å². The van der Waals surface area contributed by atoms with Crippen LogP contribution in [-0.2, 0) is 12.4 Å². The molecule has 0 aliphatic rings. The number of pyridine rings is 1. The van der Waals surface area contributed by atoms with Crippen LogP contribution in [0.15, 0.2) is 24.4 Å². The molecular weight excluding hydrogens is 290 g/mol. The van der Waals surface area contributed by atoms with Gasteiger partial charge < -0.3 is 5.73 Å². The number of rotatable bonds is 1. The first-order chi connectivity index (χ1) is 9.09. The Morgan fingerprint density at radius 2 is 1.65 bits per heavy atom. The number of hydrogen-bond acceptors (Lipinski definition) is 3. The van der Waals surface area contributed by atoms with Crippen LogP contribution < -0.4 is 5.73 Å². The summed E-state index contributed by atoms with van der Waals surface area (Å²) < 4.78 is 75.4. The van der Waals surface area contributed by atoms with Crippen molar-refractivity contribution in [1.82, 2.24) is 14.8 Å². The van der Waals surface area contributed by atoms with Crippen molar-refractivity contribution in [3.63, 3.8) is 0 Å². The largest absolute Gasteiger partial charge is 0.433 e. The third kappa shape index (κ3) is 2.68. The molecule has 4 nitrogen and oxygen atoms in total. The number of aromatic nitrogens is 3. The molecule has 2 heterocycles. The molecule has 0 aliphatic carbocycles. The van der Waals surface area contributed by atoms with Gasteiger partial charge in [-0.15, -0.1) is 5.10 Å². The Morgan fingerprint density at radius 1 is 1.00 bits per heavy atom. The summed E-state index contributed by atoms with van der Waals surface area (Å²) in [5.74, 6) is -0.832. The Labute approximate surface area is 107 Å². The summed E-state index contributed by atoms with van der Waals surface area (Å²) in [7, 11) is 0. The van der Waals surface area contributed by atoms with Crippen LogP contribution in [0.2, 0.25) is 0 Å². The predicted octanol–water partition coefficient (Wildman–Crippen LogP) is 2.89. The van der Waals surface area contributed by atoms with Gasteiger partial charge in [-0.05, 0) is 12.1 Å². The molecule has 2 rings (SSSR count). The molecule has 0 radical (unpaired) electrons. The molecule has 0 unspecified atom stereocenters. The summed E-state index contributed by atoms with van der Waals surface area (Å²) in [4.78, 5) is 3.33. The third-order valence-corrected chi connectivity index (χ3v) is 2.31. The van der Waals surface area contributed by atoms with E-state index in [2.05, 4.69) is 10.1 Å². The van der Waals surface area contributed by atoms with E-state index in [0.29, 0.717) is 23.0 Å². The second-order valence-corrected chi connectivity index (χ2v) is 3.77. The first kappa shape index (κ1) is 14.2. The summed E-state index contributed by atoms with van der Waals surface area (Å²) in [6, 6.07) is 1.96. The van der Waals surface area contributed by atoms with Gasteiger partial charge in [0, 0.05) is 12.3 Å². The number of nitrogens with zero attached hydrogens (tertiary/aromatic N) is 3. The van der Waals surface area contributed by atoms with Crippen LogP contribution >= 0.6 is 0 Å². The summed E-state index contributed by atoms with van der Waals surface area (Å²) >= 11 is 0. The highest BCUT2D eigenvalue weighted by Crippen LogP contribution is 2.33. The molecule has 0 saturated carbocycles. The standard InChI is InChI=1S/C10H6F6N4/c11-9(12,13)5-1-2-8(18-4-5)20-6(10(14,15)16)3-7(17)19-20/h1-4H,(H2,17,19). The average molecular weight is 296 g/mol. The molecule has 0 aromatic carbocycles. The fraction of sp³-hybridized carbons (Fsp3) is 0.200. The monoisotopic (exact) mass is 296 g/mol. The van der Waals surface area contributed by atoms with Gasteiger partial charge >= 0.3 is 12.4 Å². The van der Waals surface area contributed by atoms with Crippen molar-refractivity contribution in [3.05, 3.63) is 35.7 Å². The van der Waals surface area contributed by atoms with Crippen LogP contribution in [-0.4, -0.2) is 14.8 Å². The molecular formula is C10H6F6N4. The number of anilines is 1. The minimum atomic E-state index is -4.75. The van der Waals surface area contributed by atoms with Crippen molar-refractivity contribution in [2.75, 3.05) is 5.73 Å². The highest BCUT2D eigenvalue weighted by Gasteiger charge is 2.37. The molecule has 10 heteroatoms. The molecule has 108 valence electrons. The second kappa shape index (κ2) is 4.39. The summed E-state index contributed by atoms with van der Waals surface area (Å²) in [5.41, 5.74) is 2.88. The molecule has 2 aromatic heterocycles. The van der Waals surface area contributed by atoms with Crippen molar-refractivity contribution in [1.29, 1.82) is 0 Å². The van der Waals surface area contributed by atoms with Gasteiger partial charge in [-0.3, -0.25) is 0 Å². The Morgan fingerprint density at radius 3 is 2.10 bits per heavy atom. The molecule has 0 fully saturated rings. The van der Waals surface area contributed by atoms with Gasteiger partial charge in [0.1, 0.15) is 5.82 Å². The lowest BCUT2D eigenvalue weighted by atomic mass is 10.3. The van der Waals surface area contributed by atoms with E-state index in [1.807, 2.05) is 0 Å². The first-order valence-electron chi connectivity index (χ1n) is 5.05. The van der Waals surface area contributed by atoms with Crippen LogP contribution in [0.3, 0.4) is 0 Å². The van der Waals surface area contributed by atoms with Crippen LogP contribution in [0.1, 0.15) is 11.3 Å². The SMILES string of the molecule is Nc1cc(C(F)(F)F)n(-c2ccc(C(F)(F)F)cn2)n1. The summed E-state index contributed by atoms with van der Waals surface area (Å²) in [5, 5.41) is 3.37. The molecule has 0 spiro atoms. The zero-order chi connectivity index (χ0) is 15.1. The number of hydrogen-bond donors (Lipinski definition) is 1. The van der Waals surface area contributed by atoms with E-state index in [4.69, 9.17) is 5.73 Å². The van der Waals surface area contributed by atoms with Crippen molar-refractivity contribution in [3.8, 4) is 5.82 Å². The molecule has 0 atom stereocenters. The van der Waals surface area contributed by atoms with Crippen LogP contribution in [0, 0.1) is 0 Å². The lowest BCUT2D eigenvalue weighted by molar-refractivity contribution is -0.143. The molecule has 20 heavy (non-hydrogen) atoms. The predicted molar refractivity (Wildman–Crippen MR) is 55.8 cm³/mol. The minimum absolute atomic E-state index is 0.343. The Kier molecular flexibility index (Phi) is 3.11. The zero-order valence-corrected chi connectivity index (χ0v) is 9.50. The van der Waals surface area contributed by atoms with E-state index in [-0.39, 0.29) is 0 Å². The van der Waals surface area contributed by atoms with E-state index >= 15 is 0 Å². The van der Waals surface area contributed by atoms with E-state index in [0.717, 1.165) is 6.07 Å². The molecule has 0 aliphatic heterocycles. The maximum Gasteiger partial charge on any atom is 0.433 e. The van der Waals surface area contributed by atoms with Gasteiger partial charge in [-0.25, -0.2) is 9.67 Å². The van der Waals surface area contributed by atoms with E-state index in [1.165, 1.54) is 0 Å². The van der Waals surface area contributed by atoms with Gasteiger partial charge in [0.25, 0.3) is 0 Å².